The fourth-order valence-electron chi connectivity index (χ4n) is 3.92. The number of amides is 1. The van der Waals surface area contributed by atoms with Crippen LogP contribution in [-0.4, -0.2) is 36.2 Å². The third kappa shape index (κ3) is 6.55. The lowest BCUT2D eigenvalue weighted by Gasteiger charge is -2.41. The Morgan fingerprint density at radius 2 is 1.92 bits per heavy atom. The molecule has 4 rings (SSSR count). The minimum Gasteiger partial charge on any atom is -0.392 e. The topological polar surface area (TPSA) is 85.6 Å². The molecule has 0 unspecified atom stereocenters. The van der Waals surface area contributed by atoms with Crippen molar-refractivity contribution in [2.24, 2.45) is 13.0 Å². The Hall–Kier alpha value is -1.78. The Morgan fingerprint density at radius 3 is 2.56 bits per heavy atom. The lowest BCUT2D eigenvalue weighted by atomic mass is 9.91. The molecular formula is C25H26Cl3N3O4S. The number of ether oxygens (including phenoxy) is 2. The van der Waals surface area contributed by atoms with Gasteiger partial charge in [0.15, 0.2) is 11.4 Å². The van der Waals surface area contributed by atoms with E-state index >= 15 is 0 Å². The van der Waals surface area contributed by atoms with Crippen LogP contribution < -0.4 is 5.32 Å². The van der Waals surface area contributed by atoms with Crippen LogP contribution >= 0.6 is 46.6 Å². The maximum atomic E-state index is 12.1. The third-order valence-electron chi connectivity index (χ3n) is 5.95. The van der Waals surface area contributed by atoms with Crippen molar-refractivity contribution in [1.29, 1.82) is 0 Å². The van der Waals surface area contributed by atoms with Gasteiger partial charge in [0.2, 0.25) is 0 Å². The van der Waals surface area contributed by atoms with Gasteiger partial charge in [-0.1, -0.05) is 89.9 Å². The molecule has 2 heterocycles. The van der Waals surface area contributed by atoms with Gasteiger partial charge in [0.25, 0.3) is 9.70 Å². The predicted octanol–water partition coefficient (Wildman–Crippen LogP) is 5.80. The zero-order valence-electron chi connectivity index (χ0n) is 19.6. The molecule has 2 aromatic carbocycles. The van der Waals surface area contributed by atoms with E-state index in [1.807, 2.05) is 48.1 Å². The number of aliphatic hydroxyl groups excluding tert-OH is 1. The molecule has 4 atom stereocenters. The quantitative estimate of drug-likeness (QED) is 0.276. The van der Waals surface area contributed by atoms with Gasteiger partial charge in [0.05, 0.1) is 18.8 Å². The van der Waals surface area contributed by atoms with Crippen LogP contribution in [0, 0.1) is 5.92 Å². The largest absolute Gasteiger partial charge is 0.392 e. The van der Waals surface area contributed by atoms with Crippen LogP contribution in [-0.2, 0) is 27.9 Å². The van der Waals surface area contributed by atoms with Gasteiger partial charge in [-0.25, -0.2) is 4.98 Å². The fourth-order valence-corrected chi connectivity index (χ4v) is 5.16. The Bertz CT molecular complexity index is 1190. The number of thioether (sulfide) groups is 1. The van der Waals surface area contributed by atoms with Crippen molar-refractivity contribution in [2.75, 3.05) is 11.1 Å². The van der Waals surface area contributed by atoms with E-state index < -0.39 is 16.0 Å². The molecule has 192 valence electrons. The summed E-state index contributed by atoms with van der Waals surface area (Å²) < 4.78 is 12.8. The summed E-state index contributed by atoms with van der Waals surface area (Å²) in [5, 5.41) is 12.9. The first-order valence-corrected chi connectivity index (χ1v) is 13.4. The monoisotopic (exact) mass is 569 g/mol. The van der Waals surface area contributed by atoms with Crippen LogP contribution in [0.15, 0.2) is 66.1 Å². The van der Waals surface area contributed by atoms with E-state index in [1.54, 1.807) is 36.2 Å². The lowest BCUT2D eigenvalue weighted by molar-refractivity contribution is -0.268. The number of alkyl halides is 3. The number of nitrogens with one attached hydrogen (secondary N) is 1. The highest BCUT2D eigenvalue weighted by Gasteiger charge is 2.39. The Morgan fingerprint density at radius 1 is 1.17 bits per heavy atom. The molecule has 11 heteroatoms. The Balaban J connectivity index is 1.59. The molecule has 0 saturated carbocycles. The van der Waals surface area contributed by atoms with Crippen LogP contribution in [0.25, 0.3) is 0 Å². The van der Waals surface area contributed by atoms with Gasteiger partial charge in [-0.2, -0.15) is 0 Å². The smallest absolute Gasteiger partial charge is 0.276 e. The molecule has 3 aromatic rings. The van der Waals surface area contributed by atoms with E-state index in [0.29, 0.717) is 17.0 Å². The van der Waals surface area contributed by atoms with Crippen molar-refractivity contribution < 1.29 is 19.4 Å². The molecule has 1 amide bonds. The van der Waals surface area contributed by atoms with Gasteiger partial charge in [0, 0.05) is 42.4 Å². The molecule has 2 N–H and O–H groups in total. The number of halogens is 3. The van der Waals surface area contributed by atoms with Gasteiger partial charge < -0.3 is 24.5 Å². The molecular weight excluding hydrogens is 545 g/mol. The minimum atomic E-state index is -2.08. The maximum absolute atomic E-state index is 12.1. The molecule has 0 spiro atoms. The summed E-state index contributed by atoms with van der Waals surface area (Å²) in [6, 6.07) is 14.8. The van der Waals surface area contributed by atoms with E-state index in [1.165, 1.54) is 0 Å². The maximum Gasteiger partial charge on any atom is 0.276 e. The van der Waals surface area contributed by atoms with Gasteiger partial charge in [0.1, 0.15) is 0 Å². The highest BCUT2D eigenvalue weighted by Crippen LogP contribution is 2.43. The van der Waals surface area contributed by atoms with Gasteiger partial charge in [-0.3, -0.25) is 4.79 Å². The molecule has 1 aliphatic rings. The van der Waals surface area contributed by atoms with E-state index in [4.69, 9.17) is 44.3 Å². The highest BCUT2D eigenvalue weighted by atomic mass is 35.6. The zero-order chi connectivity index (χ0) is 25.9. The Kier molecular flexibility index (Phi) is 8.88. The van der Waals surface area contributed by atoms with Crippen molar-refractivity contribution in [2.45, 2.75) is 41.0 Å². The summed E-state index contributed by atoms with van der Waals surface area (Å²) in [7, 11) is 1.95. The summed E-state index contributed by atoms with van der Waals surface area (Å²) in [5.41, 5.74) is 2.99. The SMILES string of the molecule is C[C@H]1[C@@H](CSc2nccn2C)O[C@@H](c2cccc(NC(=O)C(Cl)(Cl)Cl)c2)O[C@H]1c1ccc(CO)cc1. The van der Waals surface area contributed by atoms with Crippen LogP contribution in [0.5, 0.6) is 0 Å². The summed E-state index contributed by atoms with van der Waals surface area (Å²) in [5.74, 6) is -0.0583. The second-order valence-electron chi connectivity index (χ2n) is 8.53. The van der Waals surface area contributed by atoms with Crippen molar-refractivity contribution in [1.82, 2.24) is 9.55 Å². The summed E-state index contributed by atoms with van der Waals surface area (Å²) in [6.45, 7) is 2.07. The van der Waals surface area contributed by atoms with Gasteiger partial charge in [-0.05, 0) is 23.3 Å². The van der Waals surface area contributed by atoms with E-state index in [0.717, 1.165) is 16.3 Å². The number of rotatable bonds is 7. The molecule has 0 bridgehead atoms. The number of aryl methyl sites for hydroxylation is 1. The predicted molar refractivity (Wildman–Crippen MR) is 142 cm³/mol. The number of hydrogen-bond acceptors (Lipinski definition) is 6. The molecule has 7 nitrogen and oxygen atoms in total. The number of anilines is 1. The molecule has 1 saturated heterocycles. The number of carbonyl (C=O) groups is 1. The first-order valence-electron chi connectivity index (χ1n) is 11.2. The number of hydrogen-bond donors (Lipinski definition) is 2. The summed E-state index contributed by atoms with van der Waals surface area (Å²) in [6.07, 6.45) is 2.56. The van der Waals surface area contributed by atoms with E-state index in [-0.39, 0.29) is 24.7 Å². The fraction of sp³-hybridized carbons (Fsp3) is 0.360. The van der Waals surface area contributed by atoms with Crippen LogP contribution in [0.1, 0.15) is 36.0 Å². The van der Waals surface area contributed by atoms with E-state index in [2.05, 4.69) is 17.2 Å². The number of nitrogens with zero attached hydrogens (tertiary/aromatic N) is 2. The summed E-state index contributed by atoms with van der Waals surface area (Å²) >= 11 is 18.7. The average molecular weight is 571 g/mol. The van der Waals surface area contributed by atoms with Crippen LogP contribution in [0.4, 0.5) is 5.69 Å². The summed E-state index contributed by atoms with van der Waals surface area (Å²) in [4.78, 5) is 16.5. The van der Waals surface area contributed by atoms with Crippen LogP contribution in [0.2, 0.25) is 0 Å². The van der Waals surface area contributed by atoms with Gasteiger partial charge >= 0.3 is 0 Å². The Labute approximate surface area is 229 Å². The van der Waals surface area contributed by atoms with Crippen molar-refractivity contribution in [3.8, 4) is 0 Å². The first kappa shape index (κ1) is 27.3. The molecule has 36 heavy (non-hydrogen) atoms. The molecule has 1 aliphatic heterocycles. The van der Waals surface area contributed by atoms with Crippen LogP contribution in [0.3, 0.4) is 0 Å². The van der Waals surface area contributed by atoms with Crippen molar-refractivity contribution in [3.63, 3.8) is 0 Å². The third-order valence-corrected chi connectivity index (χ3v) is 7.61. The zero-order valence-corrected chi connectivity index (χ0v) is 22.7. The molecule has 0 aliphatic carbocycles. The molecule has 0 radical (unpaired) electrons. The number of imidazole rings is 1. The van der Waals surface area contributed by atoms with Crippen molar-refractivity contribution in [3.05, 3.63) is 77.6 Å². The number of aromatic nitrogens is 2. The molecule has 1 fully saturated rings. The minimum absolute atomic E-state index is 0.0251. The first-order chi connectivity index (χ1) is 17.2. The second kappa shape index (κ2) is 11.7. The second-order valence-corrected chi connectivity index (χ2v) is 11.8. The molecule has 1 aromatic heterocycles. The number of carbonyl (C=O) groups excluding carboxylic acids is 1. The van der Waals surface area contributed by atoms with Crippen molar-refractivity contribution >= 4 is 58.2 Å². The average Bonchev–Trinajstić information content (AvgIpc) is 3.27. The normalized spacial score (nSPS) is 22.4. The number of benzene rings is 2. The standard InChI is InChI=1S/C25H26Cl3N3O4S/c1-15-20(14-36-24-29-10-11-31(24)2)34-22(35-21(15)17-8-6-16(13-32)7-9-17)18-4-3-5-19(12-18)30-23(33)25(26,27)28/h3-12,15,20-22,32H,13-14H2,1-2H3,(H,30,33)/t15-,20+,21+,22+/m0/s1. The van der Waals surface area contributed by atoms with E-state index in [9.17, 15) is 9.90 Å². The lowest BCUT2D eigenvalue weighted by Crippen LogP contribution is -2.38. The number of aliphatic hydroxyl groups is 1. The van der Waals surface area contributed by atoms with Gasteiger partial charge in [-0.15, -0.1) is 0 Å². The highest BCUT2D eigenvalue weighted by molar-refractivity contribution is 7.99.